The van der Waals surface area contributed by atoms with Gasteiger partial charge in [0.05, 0.1) is 0 Å². The molecule has 1 heterocycles. The first-order valence-corrected chi connectivity index (χ1v) is 10.3. The molecular formula is C20H37N3O4. The minimum atomic E-state index is -0.589. The second kappa shape index (κ2) is 12.0. The van der Waals surface area contributed by atoms with E-state index in [2.05, 4.69) is 19.2 Å². The van der Waals surface area contributed by atoms with Crippen LogP contribution in [0.5, 0.6) is 0 Å². The first-order valence-electron chi connectivity index (χ1n) is 10.3. The van der Waals surface area contributed by atoms with Gasteiger partial charge in [-0.3, -0.25) is 19.6 Å². The summed E-state index contributed by atoms with van der Waals surface area (Å²) in [7, 11) is 0. The summed E-state index contributed by atoms with van der Waals surface area (Å²) in [5.41, 5.74) is 1.60. The van der Waals surface area contributed by atoms with Gasteiger partial charge in [0.1, 0.15) is 6.04 Å². The van der Waals surface area contributed by atoms with E-state index < -0.39 is 17.9 Å². The first kappa shape index (κ1) is 23.4. The summed E-state index contributed by atoms with van der Waals surface area (Å²) in [4.78, 5) is 39.3. The molecule has 27 heavy (non-hydrogen) atoms. The molecule has 0 bridgehead atoms. The Morgan fingerprint density at radius 3 is 2.04 bits per heavy atom. The molecule has 1 rings (SSSR count). The molecule has 2 atom stereocenters. The van der Waals surface area contributed by atoms with Crippen LogP contribution in [0.15, 0.2) is 0 Å². The van der Waals surface area contributed by atoms with Crippen molar-refractivity contribution >= 4 is 17.7 Å². The largest absolute Gasteiger partial charge is 0.344 e. The summed E-state index contributed by atoms with van der Waals surface area (Å²) >= 11 is 0. The molecule has 156 valence electrons. The zero-order chi connectivity index (χ0) is 20.4. The zero-order valence-electron chi connectivity index (χ0n) is 17.3. The van der Waals surface area contributed by atoms with Crippen molar-refractivity contribution in [3.05, 3.63) is 0 Å². The van der Waals surface area contributed by atoms with Crippen LogP contribution in [0.1, 0.15) is 72.6 Å². The predicted octanol–water partition coefficient (Wildman–Crippen LogP) is 2.48. The number of hydroxylamine groups is 1. The van der Waals surface area contributed by atoms with Gasteiger partial charge in [-0.25, -0.2) is 5.48 Å². The highest BCUT2D eigenvalue weighted by Gasteiger charge is 2.31. The van der Waals surface area contributed by atoms with Crippen molar-refractivity contribution < 1.29 is 19.6 Å². The molecule has 3 N–H and O–H groups in total. The van der Waals surface area contributed by atoms with E-state index in [1.54, 1.807) is 5.48 Å². The highest BCUT2D eigenvalue weighted by molar-refractivity contribution is 5.90. The number of nitrogens with zero attached hydrogens (tertiary/aromatic N) is 1. The topological polar surface area (TPSA) is 98.7 Å². The van der Waals surface area contributed by atoms with Gasteiger partial charge in [-0.05, 0) is 31.1 Å². The molecule has 0 radical (unpaired) electrons. The fourth-order valence-electron chi connectivity index (χ4n) is 3.40. The van der Waals surface area contributed by atoms with E-state index in [1.807, 2.05) is 18.7 Å². The summed E-state index contributed by atoms with van der Waals surface area (Å²) in [6, 6.07) is -0.589. The molecule has 0 spiro atoms. The SMILES string of the molecule is CC(C)CCC(CC(=O)NO)C(=O)NC(C(=O)N1CCCCCC1)C(C)C. The van der Waals surface area contributed by atoms with Crippen molar-refractivity contribution in [3.8, 4) is 0 Å². The average Bonchev–Trinajstić information content (AvgIpc) is 2.91. The molecule has 0 aromatic rings. The Morgan fingerprint density at radius 2 is 1.56 bits per heavy atom. The number of carbonyl (C=O) groups excluding carboxylic acids is 3. The van der Waals surface area contributed by atoms with E-state index in [1.165, 1.54) is 0 Å². The number of likely N-dealkylation sites (tertiary alicyclic amines) is 1. The van der Waals surface area contributed by atoms with Gasteiger partial charge in [0.15, 0.2) is 0 Å². The van der Waals surface area contributed by atoms with E-state index in [-0.39, 0.29) is 24.2 Å². The maximum atomic E-state index is 13.0. The normalized spacial score (nSPS) is 17.4. The second-order valence-electron chi connectivity index (χ2n) is 8.38. The van der Waals surface area contributed by atoms with Crippen LogP contribution in [0.4, 0.5) is 0 Å². The summed E-state index contributed by atoms with van der Waals surface area (Å²) in [5, 5.41) is 11.7. The third-order valence-corrected chi connectivity index (χ3v) is 5.17. The van der Waals surface area contributed by atoms with E-state index in [0.717, 1.165) is 45.2 Å². The van der Waals surface area contributed by atoms with Crippen LogP contribution >= 0.6 is 0 Å². The van der Waals surface area contributed by atoms with E-state index in [9.17, 15) is 14.4 Å². The van der Waals surface area contributed by atoms with E-state index in [4.69, 9.17) is 5.21 Å². The number of amides is 3. The quantitative estimate of drug-likeness (QED) is 0.421. The Morgan fingerprint density at radius 1 is 0.963 bits per heavy atom. The number of hydrogen-bond donors (Lipinski definition) is 3. The average molecular weight is 384 g/mol. The Labute approximate surface area is 163 Å². The van der Waals surface area contributed by atoms with Crippen molar-refractivity contribution in [1.82, 2.24) is 15.7 Å². The van der Waals surface area contributed by atoms with E-state index in [0.29, 0.717) is 12.3 Å². The molecule has 7 heteroatoms. The molecule has 1 aliphatic rings. The summed E-state index contributed by atoms with van der Waals surface area (Å²) < 4.78 is 0. The molecule has 7 nitrogen and oxygen atoms in total. The number of hydrogen-bond acceptors (Lipinski definition) is 4. The number of carbonyl (C=O) groups is 3. The molecule has 0 aromatic heterocycles. The van der Waals surface area contributed by atoms with Crippen LogP contribution < -0.4 is 10.8 Å². The van der Waals surface area contributed by atoms with Crippen LogP contribution in [0.3, 0.4) is 0 Å². The lowest BCUT2D eigenvalue weighted by Crippen LogP contribution is -2.53. The van der Waals surface area contributed by atoms with Crippen LogP contribution in [-0.2, 0) is 14.4 Å². The number of rotatable bonds is 9. The Hall–Kier alpha value is -1.63. The summed E-state index contributed by atoms with van der Waals surface area (Å²) in [6.07, 6.45) is 5.52. The minimum absolute atomic E-state index is 0.0329. The van der Waals surface area contributed by atoms with Gasteiger partial charge in [0.25, 0.3) is 0 Å². The van der Waals surface area contributed by atoms with Crippen LogP contribution in [0.25, 0.3) is 0 Å². The minimum Gasteiger partial charge on any atom is -0.344 e. The van der Waals surface area contributed by atoms with Crippen molar-refractivity contribution in [2.24, 2.45) is 17.8 Å². The van der Waals surface area contributed by atoms with Crippen molar-refractivity contribution in [2.45, 2.75) is 78.7 Å². The van der Waals surface area contributed by atoms with Crippen molar-refractivity contribution in [1.29, 1.82) is 0 Å². The van der Waals surface area contributed by atoms with Crippen LogP contribution in [0.2, 0.25) is 0 Å². The molecule has 1 fully saturated rings. The molecule has 2 unspecified atom stereocenters. The fourth-order valence-corrected chi connectivity index (χ4v) is 3.40. The van der Waals surface area contributed by atoms with Gasteiger partial charge >= 0.3 is 0 Å². The lowest BCUT2D eigenvalue weighted by atomic mass is 9.93. The lowest BCUT2D eigenvalue weighted by molar-refractivity contribution is -0.140. The molecule has 3 amide bonds. The van der Waals surface area contributed by atoms with Crippen LogP contribution in [0, 0.1) is 17.8 Å². The summed E-state index contributed by atoms with van der Waals surface area (Å²) in [6.45, 7) is 9.43. The smallest absolute Gasteiger partial charge is 0.245 e. The van der Waals surface area contributed by atoms with Gasteiger partial charge in [0, 0.05) is 25.4 Å². The van der Waals surface area contributed by atoms with Gasteiger partial charge in [-0.2, -0.15) is 0 Å². The number of nitrogens with one attached hydrogen (secondary N) is 2. The highest BCUT2D eigenvalue weighted by Crippen LogP contribution is 2.18. The van der Waals surface area contributed by atoms with Gasteiger partial charge in [-0.15, -0.1) is 0 Å². The fraction of sp³-hybridized carbons (Fsp3) is 0.850. The monoisotopic (exact) mass is 383 g/mol. The highest BCUT2D eigenvalue weighted by atomic mass is 16.5. The third-order valence-electron chi connectivity index (χ3n) is 5.17. The Balaban J connectivity index is 2.81. The standard InChI is InChI=1S/C20H37N3O4/c1-14(2)9-10-16(13-17(24)22-27)19(25)21-18(15(3)4)20(26)23-11-7-5-6-8-12-23/h14-16,18,27H,5-13H2,1-4H3,(H,21,25)(H,22,24). The first-order chi connectivity index (χ1) is 12.8. The van der Waals surface area contributed by atoms with Gasteiger partial charge in [-0.1, -0.05) is 47.0 Å². The molecule has 1 saturated heterocycles. The second-order valence-corrected chi connectivity index (χ2v) is 8.38. The van der Waals surface area contributed by atoms with E-state index >= 15 is 0 Å². The van der Waals surface area contributed by atoms with Crippen molar-refractivity contribution in [2.75, 3.05) is 13.1 Å². The molecule has 0 aliphatic carbocycles. The van der Waals surface area contributed by atoms with Gasteiger partial charge in [0.2, 0.25) is 17.7 Å². The predicted molar refractivity (Wildman–Crippen MR) is 104 cm³/mol. The summed E-state index contributed by atoms with van der Waals surface area (Å²) in [5.74, 6) is -1.11. The van der Waals surface area contributed by atoms with Crippen molar-refractivity contribution in [3.63, 3.8) is 0 Å². The van der Waals surface area contributed by atoms with Gasteiger partial charge < -0.3 is 10.2 Å². The maximum Gasteiger partial charge on any atom is 0.245 e. The molecular weight excluding hydrogens is 346 g/mol. The van der Waals surface area contributed by atoms with Crippen LogP contribution in [-0.4, -0.2) is 47.0 Å². The maximum absolute atomic E-state index is 13.0. The lowest BCUT2D eigenvalue weighted by Gasteiger charge is -2.30. The Bertz CT molecular complexity index is 486. The zero-order valence-corrected chi connectivity index (χ0v) is 17.3. The Kier molecular flexibility index (Phi) is 10.4. The molecule has 1 aliphatic heterocycles. The third kappa shape index (κ3) is 8.28. The molecule has 0 aromatic carbocycles. The molecule has 0 saturated carbocycles.